The van der Waals surface area contributed by atoms with Gasteiger partial charge in [-0.15, -0.1) is 11.3 Å². The van der Waals surface area contributed by atoms with Gasteiger partial charge in [-0.2, -0.15) is 4.98 Å². The second-order valence-electron chi connectivity index (χ2n) is 6.28. The summed E-state index contributed by atoms with van der Waals surface area (Å²) in [6.45, 7) is 1.22. The van der Waals surface area contributed by atoms with Crippen molar-refractivity contribution < 1.29 is 9.32 Å². The van der Waals surface area contributed by atoms with Crippen molar-refractivity contribution in [1.82, 2.24) is 15.0 Å². The molecule has 1 aliphatic rings. The monoisotopic (exact) mass is 354 g/mol. The zero-order chi connectivity index (χ0) is 17.4. The molecule has 0 spiro atoms. The Hall–Kier alpha value is -2.67. The van der Waals surface area contributed by atoms with Crippen LogP contribution in [-0.2, 0) is 0 Å². The largest absolute Gasteiger partial charge is 0.378 e. The third kappa shape index (κ3) is 3.02. The van der Waals surface area contributed by atoms with Gasteiger partial charge in [0.15, 0.2) is 0 Å². The first kappa shape index (κ1) is 15.8. The van der Waals surface area contributed by atoms with Gasteiger partial charge in [0, 0.05) is 38.4 Å². The predicted molar refractivity (Wildman–Crippen MR) is 97.0 cm³/mol. The summed E-state index contributed by atoms with van der Waals surface area (Å²) >= 11 is 1.58. The van der Waals surface area contributed by atoms with Crippen LogP contribution in [0, 0.1) is 0 Å². The number of hydrogen-bond acceptors (Lipinski definition) is 6. The molecule has 1 aliphatic heterocycles. The molecule has 7 heteroatoms. The van der Waals surface area contributed by atoms with Crippen molar-refractivity contribution in [2.24, 2.45) is 0 Å². The summed E-state index contributed by atoms with van der Waals surface area (Å²) in [5.74, 6) is 1.38. The number of anilines is 1. The number of carbonyl (C=O) groups is 1. The van der Waals surface area contributed by atoms with E-state index in [-0.39, 0.29) is 11.8 Å². The highest BCUT2D eigenvalue weighted by atomic mass is 32.1. The minimum atomic E-state index is 0.0413. The van der Waals surface area contributed by atoms with E-state index in [1.54, 1.807) is 11.3 Å². The molecule has 25 heavy (non-hydrogen) atoms. The highest BCUT2D eigenvalue weighted by molar-refractivity contribution is 7.13. The van der Waals surface area contributed by atoms with Crippen LogP contribution in [0.25, 0.3) is 10.7 Å². The van der Waals surface area contributed by atoms with E-state index in [0.29, 0.717) is 30.4 Å². The number of thiophene rings is 1. The van der Waals surface area contributed by atoms with Crippen LogP contribution in [-0.4, -0.2) is 48.1 Å². The molecular formula is C18H18N4O2S. The predicted octanol–water partition coefficient (Wildman–Crippen LogP) is 3.10. The normalized spacial score (nSPS) is 14.4. The first-order chi connectivity index (χ1) is 12.1. The van der Waals surface area contributed by atoms with Crippen molar-refractivity contribution in [2.45, 2.75) is 5.92 Å². The number of aromatic nitrogens is 2. The summed E-state index contributed by atoms with van der Waals surface area (Å²) in [4.78, 5) is 21.8. The maximum Gasteiger partial charge on any atom is 0.253 e. The fraction of sp³-hybridized carbons (Fsp3) is 0.278. The van der Waals surface area contributed by atoms with Crippen LogP contribution in [0.2, 0.25) is 0 Å². The Morgan fingerprint density at radius 3 is 2.64 bits per heavy atom. The Labute approximate surface area is 149 Å². The summed E-state index contributed by atoms with van der Waals surface area (Å²) in [7, 11) is 3.96. The fourth-order valence-corrected chi connectivity index (χ4v) is 3.44. The van der Waals surface area contributed by atoms with Gasteiger partial charge in [-0.3, -0.25) is 4.79 Å². The number of carbonyl (C=O) groups excluding carboxylic acids is 1. The summed E-state index contributed by atoms with van der Waals surface area (Å²) in [6.07, 6.45) is 0. The third-order valence-electron chi connectivity index (χ3n) is 4.33. The highest BCUT2D eigenvalue weighted by Crippen LogP contribution is 2.30. The van der Waals surface area contributed by atoms with E-state index in [0.717, 1.165) is 10.6 Å². The Bertz CT molecular complexity index is 865. The average molecular weight is 354 g/mol. The van der Waals surface area contributed by atoms with Gasteiger partial charge in [-0.25, -0.2) is 0 Å². The molecule has 2 aromatic heterocycles. The molecule has 1 aromatic carbocycles. The lowest BCUT2D eigenvalue weighted by Crippen LogP contribution is -2.48. The van der Waals surface area contributed by atoms with Gasteiger partial charge < -0.3 is 14.3 Å². The van der Waals surface area contributed by atoms with Crippen LogP contribution in [0.3, 0.4) is 0 Å². The number of rotatable bonds is 4. The van der Waals surface area contributed by atoms with Crippen molar-refractivity contribution in [3.8, 4) is 10.7 Å². The topological polar surface area (TPSA) is 62.5 Å². The van der Waals surface area contributed by atoms with Gasteiger partial charge in [0.1, 0.15) is 0 Å². The van der Waals surface area contributed by atoms with Crippen molar-refractivity contribution in [3.63, 3.8) is 0 Å². The molecule has 0 aliphatic carbocycles. The van der Waals surface area contributed by atoms with Crippen molar-refractivity contribution in [2.75, 3.05) is 32.1 Å². The first-order valence-corrected chi connectivity index (χ1v) is 8.94. The number of benzene rings is 1. The van der Waals surface area contributed by atoms with Crippen LogP contribution in [0.5, 0.6) is 0 Å². The fourth-order valence-electron chi connectivity index (χ4n) is 2.79. The maximum atomic E-state index is 12.5. The van der Waals surface area contributed by atoms with E-state index in [9.17, 15) is 4.79 Å². The smallest absolute Gasteiger partial charge is 0.253 e. The van der Waals surface area contributed by atoms with Crippen LogP contribution in [0.1, 0.15) is 22.2 Å². The highest BCUT2D eigenvalue weighted by Gasteiger charge is 2.36. The molecule has 0 saturated carbocycles. The molecule has 1 saturated heterocycles. The second-order valence-corrected chi connectivity index (χ2v) is 7.23. The molecule has 3 aromatic rings. The molecule has 1 amide bonds. The van der Waals surface area contributed by atoms with Gasteiger partial charge in [-0.05, 0) is 35.7 Å². The van der Waals surface area contributed by atoms with E-state index >= 15 is 0 Å². The molecule has 0 bridgehead atoms. The van der Waals surface area contributed by atoms with Crippen molar-refractivity contribution >= 4 is 22.9 Å². The number of hydrogen-bond donors (Lipinski definition) is 0. The molecule has 0 atom stereocenters. The van der Waals surface area contributed by atoms with Crippen LogP contribution >= 0.6 is 11.3 Å². The van der Waals surface area contributed by atoms with E-state index in [1.165, 1.54) is 0 Å². The Morgan fingerprint density at radius 1 is 1.24 bits per heavy atom. The minimum Gasteiger partial charge on any atom is -0.378 e. The van der Waals surface area contributed by atoms with Crippen molar-refractivity contribution in [1.29, 1.82) is 0 Å². The molecule has 0 N–H and O–H groups in total. The molecule has 1 fully saturated rings. The first-order valence-electron chi connectivity index (χ1n) is 8.06. The maximum absolute atomic E-state index is 12.5. The van der Waals surface area contributed by atoms with Gasteiger partial charge in [0.05, 0.1) is 10.8 Å². The van der Waals surface area contributed by atoms with Crippen LogP contribution in [0.4, 0.5) is 5.69 Å². The zero-order valence-electron chi connectivity index (χ0n) is 14.0. The third-order valence-corrected chi connectivity index (χ3v) is 5.20. The van der Waals surface area contributed by atoms with E-state index in [1.807, 2.05) is 65.7 Å². The van der Waals surface area contributed by atoms with Crippen LogP contribution in [0.15, 0.2) is 46.3 Å². The molecule has 6 nitrogen and oxygen atoms in total. The minimum absolute atomic E-state index is 0.0413. The molecule has 3 heterocycles. The number of amides is 1. The SMILES string of the molecule is CN(C)c1ccc(C(=O)N2CC(c3nc(-c4cccs4)no3)C2)cc1. The quantitative estimate of drug-likeness (QED) is 0.720. The Kier molecular flexibility index (Phi) is 4.01. The zero-order valence-corrected chi connectivity index (χ0v) is 14.9. The molecule has 128 valence electrons. The van der Waals surface area contributed by atoms with Gasteiger partial charge in [-0.1, -0.05) is 11.2 Å². The van der Waals surface area contributed by atoms with Gasteiger partial charge >= 0.3 is 0 Å². The summed E-state index contributed by atoms with van der Waals surface area (Å²) in [5, 5.41) is 6.01. The number of nitrogens with zero attached hydrogens (tertiary/aromatic N) is 4. The lowest BCUT2D eigenvalue weighted by molar-refractivity contribution is 0.0569. The molecule has 0 radical (unpaired) electrons. The average Bonchev–Trinajstić information content (AvgIpc) is 3.25. The second kappa shape index (κ2) is 6.33. The summed E-state index contributed by atoms with van der Waals surface area (Å²) in [6, 6.07) is 11.6. The summed E-state index contributed by atoms with van der Waals surface area (Å²) < 4.78 is 5.37. The number of likely N-dealkylation sites (tertiary alicyclic amines) is 1. The lowest BCUT2D eigenvalue weighted by atomic mass is 9.98. The van der Waals surface area contributed by atoms with E-state index < -0.39 is 0 Å². The van der Waals surface area contributed by atoms with Crippen molar-refractivity contribution in [3.05, 3.63) is 53.2 Å². The van der Waals surface area contributed by atoms with Crippen LogP contribution < -0.4 is 4.90 Å². The Morgan fingerprint density at radius 2 is 2.00 bits per heavy atom. The standard InChI is InChI=1S/C18H18N4O2S/c1-21(2)14-7-5-12(6-8-14)18(23)22-10-13(11-22)17-19-16(20-24-17)15-4-3-9-25-15/h3-9,13H,10-11H2,1-2H3. The molecule has 4 rings (SSSR count). The van der Waals surface area contributed by atoms with E-state index in [2.05, 4.69) is 10.1 Å². The van der Waals surface area contributed by atoms with E-state index in [4.69, 9.17) is 4.52 Å². The lowest BCUT2D eigenvalue weighted by Gasteiger charge is -2.37. The molecule has 0 unspecified atom stereocenters. The van der Waals surface area contributed by atoms with Gasteiger partial charge in [0.25, 0.3) is 5.91 Å². The van der Waals surface area contributed by atoms with Gasteiger partial charge in [0.2, 0.25) is 11.7 Å². The Balaban J connectivity index is 1.39. The summed E-state index contributed by atoms with van der Waals surface area (Å²) in [5.41, 5.74) is 1.78. The molecular weight excluding hydrogens is 336 g/mol.